The predicted octanol–water partition coefficient (Wildman–Crippen LogP) is 2.55. The van der Waals surface area contributed by atoms with E-state index in [1.807, 2.05) is 18.2 Å². The lowest BCUT2D eigenvalue weighted by Gasteiger charge is -2.13. The Hall–Kier alpha value is -1.97. The number of carbonyl (C=O) groups excluding carboxylic acids is 1. The largest absolute Gasteiger partial charge is 0.464 e. The van der Waals surface area contributed by atoms with Crippen molar-refractivity contribution in [2.45, 2.75) is 12.3 Å². The number of benzene rings is 1. The first kappa shape index (κ1) is 11.1. The average Bonchev–Trinajstić information content (AvgIpc) is 2.93. The van der Waals surface area contributed by atoms with Crippen LogP contribution in [0, 0.1) is 5.92 Å². The molecule has 4 nitrogen and oxygen atoms in total. The second kappa shape index (κ2) is 4.05. The molecule has 0 unspecified atom stereocenters. The first-order valence-corrected chi connectivity index (χ1v) is 6.13. The van der Waals surface area contributed by atoms with Crippen molar-refractivity contribution in [3.63, 3.8) is 0 Å². The van der Waals surface area contributed by atoms with Crippen molar-refractivity contribution in [3.8, 4) is 0 Å². The fourth-order valence-electron chi connectivity index (χ4n) is 2.61. The number of urea groups is 1. The molecule has 0 saturated heterocycles. The van der Waals surface area contributed by atoms with Gasteiger partial charge in [-0.1, -0.05) is 12.1 Å². The van der Waals surface area contributed by atoms with E-state index < -0.39 is 0 Å². The Morgan fingerprint density at radius 3 is 3.11 bits per heavy atom. The van der Waals surface area contributed by atoms with E-state index in [-0.39, 0.29) is 6.03 Å². The summed E-state index contributed by atoms with van der Waals surface area (Å²) in [6.07, 6.45) is 2.84. The third kappa shape index (κ3) is 1.83. The molecule has 94 valence electrons. The molecule has 1 fully saturated rings. The molecular weight excluding hydrogens is 228 g/mol. The van der Waals surface area contributed by atoms with Crippen LogP contribution in [0.15, 0.2) is 34.9 Å². The zero-order valence-electron chi connectivity index (χ0n) is 10.3. The standard InChI is InChI=1S/C14H16N2O2/c1-16(14(15)17)8-9-7-12(9)10-3-2-4-13-11(10)5-6-18-13/h2-6,9,12H,7-8H2,1H3,(H2,15,17)/t9-,12+/m0/s1. The molecule has 1 aliphatic rings. The SMILES string of the molecule is CN(C[C@@H]1C[C@H]1c1cccc2occc12)C(N)=O. The van der Waals surface area contributed by atoms with Crippen LogP contribution in [0.5, 0.6) is 0 Å². The maximum Gasteiger partial charge on any atom is 0.314 e. The molecule has 0 bridgehead atoms. The van der Waals surface area contributed by atoms with Gasteiger partial charge in [-0.05, 0) is 36.0 Å². The molecular formula is C14H16N2O2. The second-order valence-corrected chi connectivity index (χ2v) is 5.00. The summed E-state index contributed by atoms with van der Waals surface area (Å²) >= 11 is 0. The van der Waals surface area contributed by atoms with Gasteiger partial charge in [0, 0.05) is 19.0 Å². The number of hydrogen-bond acceptors (Lipinski definition) is 2. The summed E-state index contributed by atoms with van der Waals surface area (Å²) in [5.41, 5.74) is 7.50. The van der Waals surface area contributed by atoms with Gasteiger partial charge >= 0.3 is 6.03 Å². The lowest BCUT2D eigenvalue weighted by Crippen LogP contribution is -2.33. The van der Waals surface area contributed by atoms with Crippen molar-refractivity contribution in [1.29, 1.82) is 0 Å². The summed E-state index contributed by atoms with van der Waals surface area (Å²) in [7, 11) is 1.75. The minimum Gasteiger partial charge on any atom is -0.464 e. The molecule has 2 amide bonds. The molecule has 1 saturated carbocycles. The molecule has 0 aliphatic heterocycles. The molecule has 1 heterocycles. The highest BCUT2D eigenvalue weighted by Crippen LogP contribution is 2.49. The fraction of sp³-hybridized carbons (Fsp3) is 0.357. The number of nitrogens with zero attached hydrogens (tertiary/aromatic N) is 1. The van der Waals surface area contributed by atoms with Gasteiger partial charge in [-0.25, -0.2) is 4.79 Å². The Kier molecular flexibility index (Phi) is 2.51. The van der Waals surface area contributed by atoms with Crippen molar-refractivity contribution < 1.29 is 9.21 Å². The number of furan rings is 1. The van der Waals surface area contributed by atoms with Crippen LogP contribution >= 0.6 is 0 Å². The van der Waals surface area contributed by atoms with Gasteiger partial charge in [0.05, 0.1) is 6.26 Å². The van der Waals surface area contributed by atoms with E-state index in [2.05, 4.69) is 6.07 Å². The van der Waals surface area contributed by atoms with Crippen LogP contribution in [-0.2, 0) is 0 Å². The van der Waals surface area contributed by atoms with Gasteiger partial charge < -0.3 is 15.1 Å². The number of fused-ring (bicyclic) bond motifs is 1. The maximum absolute atomic E-state index is 11.0. The zero-order valence-corrected chi connectivity index (χ0v) is 10.3. The monoisotopic (exact) mass is 244 g/mol. The summed E-state index contributed by atoms with van der Waals surface area (Å²) < 4.78 is 5.41. The molecule has 18 heavy (non-hydrogen) atoms. The van der Waals surface area contributed by atoms with Gasteiger partial charge in [0.25, 0.3) is 0 Å². The summed E-state index contributed by atoms with van der Waals surface area (Å²) in [6.45, 7) is 0.730. The molecule has 4 heteroatoms. The first-order valence-electron chi connectivity index (χ1n) is 6.13. The highest BCUT2D eigenvalue weighted by atomic mass is 16.3. The van der Waals surface area contributed by atoms with Crippen molar-refractivity contribution in [2.75, 3.05) is 13.6 Å². The highest BCUT2D eigenvalue weighted by molar-refractivity contribution is 5.82. The molecule has 0 radical (unpaired) electrons. The van der Waals surface area contributed by atoms with Crippen LogP contribution in [-0.4, -0.2) is 24.5 Å². The van der Waals surface area contributed by atoms with Gasteiger partial charge in [-0.15, -0.1) is 0 Å². The zero-order chi connectivity index (χ0) is 12.7. The fourth-order valence-corrected chi connectivity index (χ4v) is 2.61. The Balaban J connectivity index is 1.78. The maximum atomic E-state index is 11.0. The first-order chi connectivity index (χ1) is 8.66. The molecule has 1 aliphatic carbocycles. The van der Waals surface area contributed by atoms with E-state index >= 15 is 0 Å². The quantitative estimate of drug-likeness (QED) is 0.902. The van der Waals surface area contributed by atoms with Crippen molar-refractivity contribution in [3.05, 3.63) is 36.1 Å². The van der Waals surface area contributed by atoms with E-state index in [9.17, 15) is 4.79 Å². The van der Waals surface area contributed by atoms with Crippen LogP contribution in [0.25, 0.3) is 11.0 Å². The van der Waals surface area contributed by atoms with Crippen LogP contribution < -0.4 is 5.73 Å². The molecule has 1 aromatic heterocycles. The highest BCUT2D eigenvalue weighted by Gasteiger charge is 2.40. The lowest BCUT2D eigenvalue weighted by molar-refractivity contribution is 0.216. The molecule has 3 rings (SSSR count). The van der Waals surface area contributed by atoms with Crippen molar-refractivity contribution in [2.24, 2.45) is 11.7 Å². The normalized spacial score (nSPS) is 22.1. The third-order valence-electron chi connectivity index (χ3n) is 3.74. The summed E-state index contributed by atoms with van der Waals surface area (Å²) in [6, 6.07) is 7.80. The minimum absolute atomic E-state index is 0.359. The number of primary amides is 1. The van der Waals surface area contributed by atoms with Crippen LogP contribution in [0.4, 0.5) is 4.79 Å². The number of nitrogens with two attached hydrogens (primary N) is 1. The predicted molar refractivity (Wildman–Crippen MR) is 69.3 cm³/mol. The Morgan fingerprint density at radius 2 is 2.33 bits per heavy atom. The van der Waals surface area contributed by atoms with Crippen LogP contribution in [0.2, 0.25) is 0 Å². The second-order valence-electron chi connectivity index (χ2n) is 5.00. The van der Waals surface area contributed by atoms with Gasteiger partial charge in [0.15, 0.2) is 0 Å². The van der Waals surface area contributed by atoms with Crippen molar-refractivity contribution >= 4 is 17.0 Å². The average molecular weight is 244 g/mol. The van der Waals surface area contributed by atoms with E-state index in [0.29, 0.717) is 11.8 Å². The topological polar surface area (TPSA) is 59.5 Å². The van der Waals surface area contributed by atoms with E-state index in [0.717, 1.165) is 18.5 Å². The molecule has 2 atom stereocenters. The summed E-state index contributed by atoms with van der Waals surface area (Å²) in [5.74, 6) is 1.04. The van der Waals surface area contributed by atoms with Gasteiger partial charge in [0.2, 0.25) is 0 Å². The van der Waals surface area contributed by atoms with E-state index in [1.165, 1.54) is 10.9 Å². The molecule has 2 aromatic rings. The van der Waals surface area contributed by atoms with Crippen LogP contribution in [0.1, 0.15) is 17.9 Å². The lowest BCUT2D eigenvalue weighted by atomic mass is 10.0. The van der Waals surface area contributed by atoms with E-state index in [4.69, 9.17) is 10.2 Å². The summed E-state index contributed by atoms with van der Waals surface area (Å²) in [5, 5.41) is 1.19. The van der Waals surface area contributed by atoms with Gasteiger partial charge in [-0.3, -0.25) is 0 Å². The number of carbonyl (C=O) groups is 1. The molecule has 0 spiro atoms. The number of amides is 2. The smallest absolute Gasteiger partial charge is 0.314 e. The minimum atomic E-state index is -0.359. The number of rotatable bonds is 3. The van der Waals surface area contributed by atoms with E-state index in [1.54, 1.807) is 18.2 Å². The third-order valence-corrected chi connectivity index (χ3v) is 3.74. The van der Waals surface area contributed by atoms with Gasteiger partial charge in [-0.2, -0.15) is 0 Å². The van der Waals surface area contributed by atoms with Gasteiger partial charge in [0.1, 0.15) is 5.58 Å². The summed E-state index contributed by atoms with van der Waals surface area (Å²) in [4.78, 5) is 12.6. The van der Waals surface area contributed by atoms with Crippen LogP contribution in [0.3, 0.4) is 0 Å². The Bertz CT molecular complexity index is 590. The number of hydrogen-bond donors (Lipinski definition) is 1. The Morgan fingerprint density at radius 1 is 1.50 bits per heavy atom. The molecule has 2 N–H and O–H groups in total. The Labute approximate surface area is 105 Å². The van der Waals surface area contributed by atoms with Crippen molar-refractivity contribution in [1.82, 2.24) is 4.90 Å². The molecule has 1 aromatic carbocycles.